The molecule has 0 aliphatic heterocycles. The van der Waals surface area contributed by atoms with Gasteiger partial charge in [-0.05, 0) is 0 Å². The van der Waals surface area contributed by atoms with Gasteiger partial charge in [0.2, 0.25) is 0 Å². The molecular formula is C3H8O3Pd. The van der Waals surface area contributed by atoms with E-state index in [0.29, 0.717) is 0 Å². The van der Waals surface area contributed by atoms with Crippen molar-refractivity contribution in [3.63, 3.8) is 0 Å². The van der Waals surface area contributed by atoms with Gasteiger partial charge < -0.3 is 10.2 Å². The number of carboxylic acid groups (broad SMARTS) is 1. The van der Waals surface area contributed by atoms with Crippen LogP contribution in [0.2, 0.25) is 0 Å². The van der Waals surface area contributed by atoms with Gasteiger partial charge in [0.1, 0.15) is 0 Å². The maximum atomic E-state index is 9.00. The van der Waals surface area contributed by atoms with E-state index in [-0.39, 0.29) is 20.4 Å². The first kappa shape index (κ1) is 15.7. The number of carbonyl (C=O) groups is 1. The average molecular weight is 199 g/mol. The van der Waals surface area contributed by atoms with Crippen molar-refractivity contribution in [2.75, 3.05) is 7.11 Å². The van der Waals surface area contributed by atoms with E-state index in [2.05, 4.69) is 0 Å². The standard InChI is InChI=1S/C2H4O2.CH4O.Pd/c1-2(3)4;1-2;/h1H3,(H,3,4);2H,1H3;. The summed E-state index contributed by atoms with van der Waals surface area (Å²) in [6.07, 6.45) is 0. The van der Waals surface area contributed by atoms with Crippen LogP contribution < -0.4 is 0 Å². The molecule has 0 atom stereocenters. The number of aliphatic hydroxyl groups excluding tert-OH is 1. The number of hydrogen-bond donors (Lipinski definition) is 2. The van der Waals surface area contributed by atoms with Crippen LogP contribution >= 0.6 is 0 Å². The molecular weight excluding hydrogens is 190 g/mol. The summed E-state index contributed by atoms with van der Waals surface area (Å²) in [7, 11) is 1.00. The Morgan fingerprint density at radius 1 is 1.43 bits per heavy atom. The van der Waals surface area contributed by atoms with Gasteiger partial charge >= 0.3 is 0 Å². The van der Waals surface area contributed by atoms with Crippen LogP contribution in [0.25, 0.3) is 0 Å². The summed E-state index contributed by atoms with van der Waals surface area (Å²) in [4.78, 5) is 9.00. The van der Waals surface area contributed by atoms with Crippen LogP contribution in [0.5, 0.6) is 0 Å². The second kappa shape index (κ2) is 16.5. The molecule has 2 N–H and O–H groups in total. The molecule has 0 saturated carbocycles. The molecule has 0 aromatic carbocycles. The molecule has 0 fully saturated rings. The molecule has 0 spiro atoms. The van der Waals surface area contributed by atoms with E-state index < -0.39 is 5.97 Å². The van der Waals surface area contributed by atoms with Crippen molar-refractivity contribution in [1.82, 2.24) is 0 Å². The molecule has 0 aliphatic carbocycles. The molecule has 0 amide bonds. The van der Waals surface area contributed by atoms with E-state index in [1.165, 1.54) is 0 Å². The zero-order chi connectivity index (χ0) is 5.58. The van der Waals surface area contributed by atoms with Gasteiger partial charge in [0, 0.05) is 34.5 Å². The van der Waals surface area contributed by atoms with E-state index in [9.17, 15) is 0 Å². The fraction of sp³-hybridized carbons (Fsp3) is 0.667. The predicted molar refractivity (Wildman–Crippen MR) is 21.5 cm³/mol. The van der Waals surface area contributed by atoms with Crippen LogP contribution in [0.3, 0.4) is 0 Å². The maximum Gasteiger partial charge on any atom is 0.300 e. The first-order chi connectivity index (χ1) is 2.73. The van der Waals surface area contributed by atoms with Crippen LogP contribution in [0.15, 0.2) is 0 Å². The topological polar surface area (TPSA) is 57.5 Å². The average Bonchev–Trinajstić information content (AvgIpc) is 1.41. The second-order valence-electron chi connectivity index (χ2n) is 0.519. The normalized spacial score (nSPS) is 4.43. The predicted octanol–water partition coefficient (Wildman–Crippen LogP) is -0.303. The molecule has 0 aromatic heterocycles. The summed E-state index contributed by atoms with van der Waals surface area (Å²) in [6, 6.07) is 0. The number of hydrogen-bond acceptors (Lipinski definition) is 2. The second-order valence-corrected chi connectivity index (χ2v) is 0.519. The van der Waals surface area contributed by atoms with Gasteiger partial charge in [-0.3, -0.25) is 4.79 Å². The molecule has 48 valence electrons. The molecule has 7 heavy (non-hydrogen) atoms. The van der Waals surface area contributed by atoms with E-state index in [1.54, 1.807) is 0 Å². The Bertz CT molecular complexity index is 33.2. The van der Waals surface area contributed by atoms with Crippen molar-refractivity contribution in [2.45, 2.75) is 6.92 Å². The molecule has 3 nitrogen and oxygen atoms in total. The summed E-state index contributed by atoms with van der Waals surface area (Å²) < 4.78 is 0. The fourth-order valence-electron chi connectivity index (χ4n) is 0. The van der Waals surface area contributed by atoms with Crippen LogP contribution in [0.1, 0.15) is 6.92 Å². The minimum absolute atomic E-state index is 0. The van der Waals surface area contributed by atoms with Gasteiger partial charge in [0.25, 0.3) is 5.97 Å². The van der Waals surface area contributed by atoms with Crippen LogP contribution in [0, 0.1) is 0 Å². The molecule has 4 heteroatoms. The molecule has 0 saturated heterocycles. The van der Waals surface area contributed by atoms with Crippen molar-refractivity contribution in [1.29, 1.82) is 0 Å². The quantitative estimate of drug-likeness (QED) is 0.526. The van der Waals surface area contributed by atoms with Crippen LogP contribution in [-0.2, 0) is 25.2 Å². The van der Waals surface area contributed by atoms with Gasteiger partial charge in [-0.2, -0.15) is 0 Å². The molecule has 0 aromatic rings. The maximum absolute atomic E-state index is 9.00. The van der Waals surface area contributed by atoms with Crippen molar-refractivity contribution in [3.8, 4) is 0 Å². The molecule has 0 radical (unpaired) electrons. The van der Waals surface area contributed by atoms with Crippen LogP contribution in [-0.4, -0.2) is 23.3 Å². The number of aliphatic carboxylic acids is 1. The van der Waals surface area contributed by atoms with Gasteiger partial charge in [-0.25, -0.2) is 0 Å². The van der Waals surface area contributed by atoms with E-state index in [1.807, 2.05) is 0 Å². The Hall–Kier alpha value is 0.0923. The summed E-state index contributed by atoms with van der Waals surface area (Å²) in [5, 5.41) is 14.4. The Morgan fingerprint density at radius 2 is 1.43 bits per heavy atom. The molecule has 0 rings (SSSR count). The molecule has 0 unspecified atom stereocenters. The SMILES string of the molecule is CC(=O)O.CO.[Pd]. The zero-order valence-corrected chi connectivity index (χ0v) is 5.67. The first-order valence-corrected chi connectivity index (χ1v) is 1.37. The number of rotatable bonds is 0. The van der Waals surface area contributed by atoms with Crippen molar-refractivity contribution in [2.24, 2.45) is 0 Å². The van der Waals surface area contributed by atoms with Gasteiger partial charge in [0.05, 0.1) is 0 Å². The number of aliphatic hydroxyl groups is 1. The van der Waals surface area contributed by atoms with Crippen LogP contribution in [0.4, 0.5) is 0 Å². The largest absolute Gasteiger partial charge is 0.481 e. The summed E-state index contributed by atoms with van der Waals surface area (Å²) in [6.45, 7) is 1.08. The summed E-state index contributed by atoms with van der Waals surface area (Å²) in [5.74, 6) is -0.833. The summed E-state index contributed by atoms with van der Waals surface area (Å²) >= 11 is 0. The van der Waals surface area contributed by atoms with Crippen molar-refractivity contribution >= 4 is 5.97 Å². The molecule has 0 heterocycles. The smallest absolute Gasteiger partial charge is 0.300 e. The minimum Gasteiger partial charge on any atom is -0.481 e. The third-order valence-corrected chi connectivity index (χ3v) is 0. The van der Waals surface area contributed by atoms with Crippen molar-refractivity contribution < 1.29 is 35.4 Å². The third-order valence-electron chi connectivity index (χ3n) is 0. The van der Waals surface area contributed by atoms with E-state index in [0.717, 1.165) is 14.0 Å². The van der Waals surface area contributed by atoms with Gasteiger partial charge in [-0.1, -0.05) is 0 Å². The minimum atomic E-state index is -0.833. The Balaban J connectivity index is -0.0000000480. The first-order valence-electron chi connectivity index (χ1n) is 1.37. The monoisotopic (exact) mass is 198 g/mol. The third kappa shape index (κ3) is 12000. The van der Waals surface area contributed by atoms with Gasteiger partial charge in [-0.15, -0.1) is 0 Å². The van der Waals surface area contributed by atoms with Crippen molar-refractivity contribution in [3.05, 3.63) is 0 Å². The zero-order valence-electron chi connectivity index (χ0n) is 4.12. The fourth-order valence-corrected chi connectivity index (χ4v) is 0. The molecule has 0 aliphatic rings. The van der Waals surface area contributed by atoms with Gasteiger partial charge in [0.15, 0.2) is 0 Å². The summed E-state index contributed by atoms with van der Waals surface area (Å²) in [5.41, 5.74) is 0. The Morgan fingerprint density at radius 3 is 1.43 bits per heavy atom. The Labute approximate surface area is 56.0 Å². The molecule has 0 bridgehead atoms. The van der Waals surface area contributed by atoms with E-state index >= 15 is 0 Å². The number of carboxylic acids is 1. The Kier molecular flexibility index (Phi) is 37.1. The van der Waals surface area contributed by atoms with E-state index in [4.69, 9.17) is 15.0 Å².